The standard InChI is InChI=1S/C27H40O11/c1-14-11-20(32)12-27(7,8)21(14)10-9-15(2)34-26-25(37-19(6)31)24(36-18(5)30)23(35-17(4)29)22(38-26)13-33-16(3)28/h11,15,21-26H,9-10,12-13H2,1-8H3. The first-order valence-electron chi connectivity index (χ1n) is 12.8. The van der Waals surface area contributed by atoms with Gasteiger partial charge in [0.05, 0.1) is 6.10 Å². The summed E-state index contributed by atoms with van der Waals surface area (Å²) >= 11 is 0. The van der Waals surface area contributed by atoms with Gasteiger partial charge in [-0.3, -0.25) is 24.0 Å². The van der Waals surface area contributed by atoms with Crippen LogP contribution in [0.3, 0.4) is 0 Å². The smallest absolute Gasteiger partial charge is 0.303 e. The predicted molar refractivity (Wildman–Crippen MR) is 132 cm³/mol. The summed E-state index contributed by atoms with van der Waals surface area (Å²) in [7, 11) is 0. The fraction of sp³-hybridized carbons (Fsp3) is 0.741. The highest BCUT2D eigenvalue weighted by atomic mass is 16.7. The lowest BCUT2D eigenvalue weighted by Crippen LogP contribution is -2.63. The van der Waals surface area contributed by atoms with Crippen LogP contribution in [0, 0.1) is 11.3 Å². The number of esters is 4. The number of hydrogen-bond acceptors (Lipinski definition) is 11. The van der Waals surface area contributed by atoms with Crippen LogP contribution in [-0.4, -0.2) is 73.1 Å². The summed E-state index contributed by atoms with van der Waals surface area (Å²) < 4.78 is 33.5. The fourth-order valence-electron chi connectivity index (χ4n) is 5.21. The highest BCUT2D eigenvalue weighted by Gasteiger charge is 2.53. The number of allylic oxidation sites excluding steroid dienone is 2. The van der Waals surface area contributed by atoms with E-state index in [4.69, 9.17) is 28.4 Å². The van der Waals surface area contributed by atoms with Crippen LogP contribution in [0.1, 0.15) is 74.7 Å². The summed E-state index contributed by atoms with van der Waals surface area (Å²) in [6.45, 7) is 12.3. The highest BCUT2D eigenvalue weighted by Crippen LogP contribution is 2.42. The van der Waals surface area contributed by atoms with Crippen LogP contribution >= 0.6 is 0 Å². The van der Waals surface area contributed by atoms with E-state index in [-0.39, 0.29) is 23.7 Å². The van der Waals surface area contributed by atoms with Crippen LogP contribution in [0.4, 0.5) is 0 Å². The molecule has 38 heavy (non-hydrogen) atoms. The molecule has 0 spiro atoms. The Balaban J connectivity index is 2.29. The molecule has 0 aromatic carbocycles. The molecule has 1 heterocycles. The second-order valence-corrected chi connectivity index (χ2v) is 10.7. The molecule has 1 aliphatic carbocycles. The molecular weight excluding hydrogens is 500 g/mol. The van der Waals surface area contributed by atoms with Crippen LogP contribution in [0.15, 0.2) is 11.6 Å². The van der Waals surface area contributed by atoms with Crippen molar-refractivity contribution in [2.24, 2.45) is 11.3 Å². The van der Waals surface area contributed by atoms with Crippen LogP contribution in [0.5, 0.6) is 0 Å². The molecule has 0 saturated carbocycles. The first kappa shape index (κ1) is 31.4. The molecule has 0 radical (unpaired) electrons. The molecule has 7 atom stereocenters. The van der Waals surface area contributed by atoms with Crippen LogP contribution in [0.25, 0.3) is 0 Å². The molecule has 214 valence electrons. The van der Waals surface area contributed by atoms with Crippen LogP contribution in [-0.2, 0) is 52.4 Å². The van der Waals surface area contributed by atoms with Gasteiger partial charge in [0.15, 0.2) is 30.4 Å². The van der Waals surface area contributed by atoms with Gasteiger partial charge in [-0.15, -0.1) is 0 Å². The van der Waals surface area contributed by atoms with Gasteiger partial charge in [-0.05, 0) is 44.1 Å². The third-order valence-electron chi connectivity index (χ3n) is 6.69. The zero-order chi connectivity index (χ0) is 28.8. The quantitative estimate of drug-likeness (QED) is 0.298. The summed E-state index contributed by atoms with van der Waals surface area (Å²) in [4.78, 5) is 59.3. The van der Waals surface area contributed by atoms with Crippen molar-refractivity contribution in [3.8, 4) is 0 Å². The summed E-state index contributed by atoms with van der Waals surface area (Å²) in [6.07, 6.45) is -2.99. The molecule has 0 N–H and O–H groups in total. The zero-order valence-corrected chi connectivity index (χ0v) is 23.4. The average Bonchev–Trinajstić information content (AvgIpc) is 2.74. The van der Waals surface area contributed by atoms with Gasteiger partial charge in [0.2, 0.25) is 0 Å². The van der Waals surface area contributed by atoms with Crippen molar-refractivity contribution in [1.29, 1.82) is 0 Å². The normalized spacial score (nSPS) is 29.5. The topological polar surface area (TPSA) is 141 Å². The van der Waals surface area contributed by atoms with Crippen molar-refractivity contribution < 1.29 is 52.4 Å². The zero-order valence-electron chi connectivity index (χ0n) is 23.4. The molecule has 11 heteroatoms. The van der Waals surface area contributed by atoms with Gasteiger partial charge in [-0.2, -0.15) is 0 Å². The van der Waals surface area contributed by atoms with E-state index in [0.717, 1.165) is 25.8 Å². The molecule has 2 aliphatic rings. The van der Waals surface area contributed by atoms with Crippen LogP contribution in [0.2, 0.25) is 0 Å². The first-order valence-corrected chi connectivity index (χ1v) is 12.8. The van der Waals surface area contributed by atoms with Crippen molar-refractivity contribution in [3.05, 3.63) is 11.6 Å². The lowest BCUT2D eigenvalue weighted by molar-refractivity contribution is -0.316. The van der Waals surface area contributed by atoms with E-state index in [1.807, 2.05) is 13.8 Å². The molecule has 1 saturated heterocycles. The lowest BCUT2D eigenvalue weighted by Gasteiger charge is -2.44. The van der Waals surface area contributed by atoms with Crippen molar-refractivity contribution in [3.63, 3.8) is 0 Å². The van der Waals surface area contributed by atoms with Crippen molar-refractivity contribution in [2.75, 3.05) is 6.61 Å². The minimum Gasteiger partial charge on any atom is -0.463 e. The molecule has 0 aromatic heterocycles. The third-order valence-corrected chi connectivity index (χ3v) is 6.69. The van der Waals surface area contributed by atoms with Crippen molar-refractivity contribution >= 4 is 29.7 Å². The number of carbonyl (C=O) groups excluding carboxylic acids is 5. The van der Waals surface area contributed by atoms with E-state index in [1.165, 1.54) is 13.8 Å². The van der Waals surface area contributed by atoms with Crippen LogP contribution < -0.4 is 0 Å². The minimum atomic E-state index is -1.28. The molecule has 0 aromatic rings. The molecule has 1 fully saturated rings. The fourth-order valence-corrected chi connectivity index (χ4v) is 5.21. The van der Waals surface area contributed by atoms with Crippen molar-refractivity contribution in [2.45, 2.75) is 111 Å². The number of ketones is 1. The number of ether oxygens (including phenoxy) is 6. The Bertz CT molecular complexity index is 937. The first-order chi connectivity index (χ1) is 17.6. The molecule has 7 unspecified atom stereocenters. The summed E-state index contributed by atoms with van der Waals surface area (Å²) in [5.74, 6) is -2.40. The van der Waals surface area contributed by atoms with E-state index in [9.17, 15) is 24.0 Å². The van der Waals surface area contributed by atoms with E-state index in [0.29, 0.717) is 12.8 Å². The molecule has 11 nitrogen and oxygen atoms in total. The average molecular weight is 541 g/mol. The lowest BCUT2D eigenvalue weighted by atomic mass is 9.66. The largest absolute Gasteiger partial charge is 0.463 e. The second-order valence-electron chi connectivity index (χ2n) is 10.7. The third kappa shape index (κ3) is 8.90. The van der Waals surface area contributed by atoms with E-state index in [1.54, 1.807) is 6.08 Å². The monoisotopic (exact) mass is 540 g/mol. The Morgan fingerprint density at radius 3 is 2.03 bits per heavy atom. The molecule has 1 aliphatic heterocycles. The Kier molecular flexibility index (Phi) is 11.0. The highest BCUT2D eigenvalue weighted by molar-refractivity contribution is 5.92. The van der Waals surface area contributed by atoms with Gasteiger partial charge >= 0.3 is 23.9 Å². The van der Waals surface area contributed by atoms with E-state index >= 15 is 0 Å². The van der Waals surface area contributed by atoms with Crippen molar-refractivity contribution in [1.82, 2.24) is 0 Å². The van der Waals surface area contributed by atoms with Gasteiger partial charge in [-0.25, -0.2) is 0 Å². The Morgan fingerprint density at radius 2 is 1.50 bits per heavy atom. The second kappa shape index (κ2) is 13.3. The molecule has 0 bridgehead atoms. The number of rotatable bonds is 10. The van der Waals surface area contributed by atoms with E-state index < -0.39 is 60.7 Å². The SMILES string of the molecule is CC(=O)OCC1OC(OC(C)CCC2C(C)=CC(=O)CC2(C)C)C(OC(C)=O)C(OC(C)=O)C1OC(C)=O. The van der Waals surface area contributed by atoms with Gasteiger partial charge in [0, 0.05) is 34.1 Å². The van der Waals surface area contributed by atoms with E-state index in [2.05, 4.69) is 13.8 Å². The van der Waals surface area contributed by atoms with Gasteiger partial charge in [0.1, 0.15) is 12.7 Å². The Hall–Kier alpha value is -2.79. The number of hydrogen-bond donors (Lipinski definition) is 0. The predicted octanol–water partition coefficient (Wildman–Crippen LogP) is 2.82. The summed E-state index contributed by atoms with van der Waals surface area (Å²) in [5.41, 5.74) is 0.815. The molecular formula is C27H40O11. The Morgan fingerprint density at radius 1 is 0.947 bits per heavy atom. The Labute approximate surface area is 223 Å². The molecule has 2 rings (SSSR count). The van der Waals surface area contributed by atoms with Gasteiger partial charge < -0.3 is 28.4 Å². The summed E-state index contributed by atoms with van der Waals surface area (Å²) in [6, 6.07) is 0. The summed E-state index contributed by atoms with van der Waals surface area (Å²) in [5, 5.41) is 0. The maximum absolute atomic E-state index is 12.0. The maximum atomic E-state index is 12.0. The van der Waals surface area contributed by atoms with Gasteiger partial charge in [0.25, 0.3) is 0 Å². The maximum Gasteiger partial charge on any atom is 0.303 e. The number of carbonyl (C=O) groups is 5. The minimum absolute atomic E-state index is 0.116. The van der Waals surface area contributed by atoms with Gasteiger partial charge in [-0.1, -0.05) is 19.4 Å². The molecule has 0 amide bonds.